The molecule has 0 radical (unpaired) electrons. The van der Waals surface area contributed by atoms with Gasteiger partial charge in [0.25, 0.3) is 0 Å². The topological polar surface area (TPSA) is 149 Å². The molecule has 1 heterocycles. The number of carbonyl (C=O) groups excluding carboxylic acids is 2. The SMILES string of the molecule is N=C(N)c1ccc(CNC(=O)C2CCN2C(=O)[C@H](NCC(=O)O)C2CCCCC2)cc1. The first kappa shape index (κ1) is 22.7. The Morgan fingerprint density at radius 3 is 2.35 bits per heavy atom. The number of nitrogens with two attached hydrogens (primary N) is 1. The lowest BCUT2D eigenvalue weighted by molar-refractivity contribution is -0.150. The van der Waals surface area contributed by atoms with E-state index >= 15 is 0 Å². The van der Waals surface area contributed by atoms with Crippen LogP contribution in [0.5, 0.6) is 0 Å². The Labute approximate surface area is 181 Å². The number of rotatable bonds is 9. The average molecular weight is 430 g/mol. The highest BCUT2D eigenvalue weighted by Crippen LogP contribution is 2.29. The third-order valence-electron chi connectivity index (χ3n) is 6.20. The van der Waals surface area contributed by atoms with Gasteiger partial charge in [0.15, 0.2) is 0 Å². The largest absolute Gasteiger partial charge is 0.480 e. The summed E-state index contributed by atoms with van der Waals surface area (Å²) in [6.07, 6.45) is 5.59. The molecule has 2 aliphatic rings. The predicted molar refractivity (Wildman–Crippen MR) is 115 cm³/mol. The van der Waals surface area contributed by atoms with Gasteiger partial charge in [-0.1, -0.05) is 43.5 Å². The molecule has 2 amide bonds. The van der Waals surface area contributed by atoms with Crippen LogP contribution in [-0.2, 0) is 20.9 Å². The summed E-state index contributed by atoms with van der Waals surface area (Å²) in [4.78, 5) is 38.5. The fourth-order valence-electron chi connectivity index (χ4n) is 4.33. The zero-order valence-corrected chi connectivity index (χ0v) is 17.6. The van der Waals surface area contributed by atoms with E-state index in [0.717, 1.165) is 37.7 Å². The lowest BCUT2D eigenvalue weighted by Crippen LogP contribution is -2.63. The number of amidine groups is 1. The second-order valence-corrected chi connectivity index (χ2v) is 8.31. The molecule has 2 atom stereocenters. The summed E-state index contributed by atoms with van der Waals surface area (Å²) in [7, 11) is 0. The third-order valence-corrected chi connectivity index (χ3v) is 6.20. The summed E-state index contributed by atoms with van der Waals surface area (Å²) in [5, 5.41) is 22.3. The molecule has 1 aromatic carbocycles. The van der Waals surface area contributed by atoms with Gasteiger partial charge in [0.1, 0.15) is 11.9 Å². The standard InChI is InChI=1S/C22H31N5O4/c23-20(24)16-8-6-14(7-9-16)12-26-21(30)17-10-11-27(17)22(31)19(25-13-18(28)29)15-4-2-1-3-5-15/h6-9,15,17,19,25H,1-5,10-13H2,(H3,23,24)(H,26,30)(H,28,29)/t17?,19-/m1/s1. The number of carboxylic acids is 1. The van der Waals surface area contributed by atoms with E-state index in [2.05, 4.69) is 10.6 Å². The fourth-order valence-corrected chi connectivity index (χ4v) is 4.33. The number of carboxylic acid groups (broad SMARTS) is 1. The lowest BCUT2D eigenvalue weighted by Gasteiger charge is -2.43. The fraction of sp³-hybridized carbons (Fsp3) is 0.545. The van der Waals surface area contributed by atoms with Gasteiger partial charge in [0, 0.05) is 18.7 Å². The summed E-state index contributed by atoms with van der Waals surface area (Å²) in [5.41, 5.74) is 6.94. The van der Waals surface area contributed by atoms with Gasteiger partial charge >= 0.3 is 5.97 Å². The number of carbonyl (C=O) groups is 3. The highest BCUT2D eigenvalue weighted by Gasteiger charge is 2.42. The molecule has 1 saturated heterocycles. The minimum absolute atomic E-state index is 0.0109. The molecule has 1 saturated carbocycles. The van der Waals surface area contributed by atoms with Gasteiger partial charge < -0.3 is 21.1 Å². The van der Waals surface area contributed by atoms with Gasteiger partial charge in [0.05, 0.1) is 12.6 Å². The quantitative estimate of drug-likeness (QED) is 0.290. The van der Waals surface area contributed by atoms with Crippen molar-refractivity contribution in [2.24, 2.45) is 11.7 Å². The molecule has 31 heavy (non-hydrogen) atoms. The van der Waals surface area contributed by atoms with Crippen LogP contribution >= 0.6 is 0 Å². The number of hydrogen-bond acceptors (Lipinski definition) is 5. The molecule has 0 bridgehead atoms. The van der Waals surface area contributed by atoms with Crippen molar-refractivity contribution in [2.75, 3.05) is 13.1 Å². The van der Waals surface area contributed by atoms with E-state index in [9.17, 15) is 14.4 Å². The van der Waals surface area contributed by atoms with Crippen LogP contribution < -0.4 is 16.4 Å². The number of aliphatic carboxylic acids is 1. The van der Waals surface area contributed by atoms with Crippen LogP contribution in [0, 0.1) is 11.3 Å². The minimum Gasteiger partial charge on any atom is -0.480 e. The molecule has 9 nitrogen and oxygen atoms in total. The molecule has 1 aromatic rings. The smallest absolute Gasteiger partial charge is 0.317 e. The molecule has 2 fully saturated rings. The second-order valence-electron chi connectivity index (χ2n) is 8.31. The van der Waals surface area contributed by atoms with E-state index in [0.29, 0.717) is 25.1 Å². The molecule has 6 N–H and O–H groups in total. The summed E-state index contributed by atoms with van der Waals surface area (Å²) in [6, 6.07) is 5.97. The van der Waals surface area contributed by atoms with Gasteiger partial charge in [0.2, 0.25) is 11.8 Å². The zero-order valence-electron chi connectivity index (χ0n) is 17.6. The highest BCUT2D eigenvalue weighted by molar-refractivity contribution is 5.95. The number of hydrogen-bond donors (Lipinski definition) is 5. The maximum atomic E-state index is 13.2. The summed E-state index contributed by atoms with van der Waals surface area (Å²) in [5.74, 6) is -1.29. The number of amides is 2. The van der Waals surface area contributed by atoms with E-state index in [4.69, 9.17) is 16.2 Å². The Bertz CT molecular complexity index is 820. The summed E-state index contributed by atoms with van der Waals surface area (Å²) >= 11 is 0. The van der Waals surface area contributed by atoms with E-state index in [-0.39, 0.29) is 30.1 Å². The van der Waals surface area contributed by atoms with Gasteiger partial charge in [-0.05, 0) is 30.7 Å². The van der Waals surface area contributed by atoms with Crippen molar-refractivity contribution < 1.29 is 19.5 Å². The van der Waals surface area contributed by atoms with E-state index in [1.807, 2.05) is 0 Å². The molecule has 1 aliphatic heterocycles. The molecule has 1 aliphatic carbocycles. The predicted octanol–water partition coefficient (Wildman–Crippen LogP) is 0.811. The Kier molecular flexibility index (Phi) is 7.62. The normalized spacial score (nSPS) is 19.9. The Balaban J connectivity index is 1.58. The van der Waals surface area contributed by atoms with Crippen LogP contribution in [0.3, 0.4) is 0 Å². The van der Waals surface area contributed by atoms with Crippen LogP contribution in [0.1, 0.15) is 49.7 Å². The Hall–Kier alpha value is -2.94. The van der Waals surface area contributed by atoms with Gasteiger partial charge in [-0.3, -0.25) is 25.1 Å². The van der Waals surface area contributed by atoms with Crippen molar-refractivity contribution in [1.82, 2.24) is 15.5 Å². The van der Waals surface area contributed by atoms with Crippen molar-refractivity contribution in [3.8, 4) is 0 Å². The number of nitrogens with zero attached hydrogens (tertiary/aromatic N) is 1. The molecule has 0 aromatic heterocycles. The van der Waals surface area contributed by atoms with E-state index in [1.54, 1.807) is 29.2 Å². The molecular formula is C22H31N5O4. The van der Waals surface area contributed by atoms with Gasteiger partial charge in [-0.25, -0.2) is 0 Å². The van der Waals surface area contributed by atoms with E-state index < -0.39 is 18.1 Å². The maximum Gasteiger partial charge on any atom is 0.317 e. The van der Waals surface area contributed by atoms with E-state index in [1.165, 1.54) is 0 Å². The van der Waals surface area contributed by atoms with Crippen LogP contribution in [0.4, 0.5) is 0 Å². The minimum atomic E-state index is -0.998. The number of likely N-dealkylation sites (tertiary alicyclic amines) is 1. The van der Waals surface area contributed by atoms with Crippen LogP contribution in [0.15, 0.2) is 24.3 Å². The van der Waals surface area contributed by atoms with Crippen molar-refractivity contribution in [3.63, 3.8) is 0 Å². The van der Waals surface area contributed by atoms with Crippen molar-refractivity contribution in [2.45, 2.75) is 57.2 Å². The third kappa shape index (κ3) is 5.81. The first-order valence-corrected chi connectivity index (χ1v) is 10.8. The summed E-state index contributed by atoms with van der Waals surface area (Å²) in [6.45, 7) is 0.551. The first-order valence-electron chi connectivity index (χ1n) is 10.8. The zero-order chi connectivity index (χ0) is 22.4. The van der Waals surface area contributed by atoms with Gasteiger partial charge in [-0.15, -0.1) is 0 Å². The van der Waals surface area contributed by atoms with Gasteiger partial charge in [-0.2, -0.15) is 0 Å². The maximum absolute atomic E-state index is 13.2. The molecular weight excluding hydrogens is 398 g/mol. The monoisotopic (exact) mass is 429 g/mol. The molecule has 1 unspecified atom stereocenters. The highest BCUT2D eigenvalue weighted by atomic mass is 16.4. The Morgan fingerprint density at radius 2 is 1.81 bits per heavy atom. The van der Waals surface area contributed by atoms with Crippen LogP contribution in [0.2, 0.25) is 0 Å². The Morgan fingerprint density at radius 1 is 1.13 bits per heavy atom. The molecule has 168 valence electrons. The second kappa shape index (κ2) is 10.4. The summed E-state index contributed by atoms with van der Waals surface area (Å²) < 4.78 is 0. The van der Waals surface area contributed by atoms with Crippen LogP contribution in [0.25, 0.3) is 0 Å². The lowest BCUT2D eigenvalue weighted by atomic mass is 9.82. The number of benzene rings is 1. The molecule has 3 rings (SSSR count). The van der Waals surface area contributed by atoms with Crippen molar-refractivity contribution >= 4 is 23.6 Å². The number of nitrogen functional groups attached to an aromatic ring is 1. The number of nitrogens with one attached hydrogen (secondary N) is 3. The van der Waals surface area contributed by atoms with Crippen molar-refractivity contribution in [1.29, 1.82) is 5.41 Å². The average Bonchev–Trinajstić information content (AvgIpc) is 2.72. The molecule has 0 spiro atoms. The van der Waals surface area contributed by atoms with Crippen molar-refractivity contribution in [3.05, 3.63) is 35.4 Å². The first-order chi connectivity index (χ1) is 14.9. The van der Waals surface area contributed by atoms with Crippen LogP contribution in [-0.4, -0.2) is 58.8 Å². The molecule has 9 heteroatoms.